The number of halogens is 5. The molecule has 0 aliphatic carbocycles. The SMILES string of the molecule is CC(F)(S(=O)O)C(F)(F)C(F)(F)S(=O)O. The van der Waals surface area contributed by atoms with Crippen LogP contribution in [0.25, 0.3) is 0 Å². The Morgan fingerprint density at radius 2 is 1.27 bits per heavy atom. The number of alkyl halides is 5. The van der Waals surface area contributed by atoms with Crippen molar-refractivity contribution in [3.05, 3.63) is 0 Å². The topological polar surface area (TPSA) is 74.6 Å². The van der Waals surface area contributed by atoms with Crippen molar-refractivity contribution in [3.8, 4) is 0 Å². The molecule has 0 saturated carbocycles. The zero-order chi connectivity index (χ0) is 12.7. The molecular weight excluding hydrogens is 271 g/mol. The van der Waals surface area contributed by atoms with Gasteiger partial charge in [0.1, 0.15) is 0 Å². The molecular formula is C4H5F5O4S2. The molecule has 0 heterocycles. The molecule has 0 aliphatic heterocycles. The van der Waals surface area contributed by atoms with Gasteiger partial charge in [0, 0.05) is 0 Å². The summed E-state index contributed by atoms with van der Waals surface area (Å²) in [7, 11) is 0. The van der Waals surface area contributed by atoms with Crippen LogP contribution in [0.5, 0.6) is 0 Å². The smallest absolute Gasteiger partial charge is 0.303 e. The monoisotopic (exact) mass is 276 g/mol. The van der Waals surface area contributed by atoms with E-state index in [2.05, 4.69) is 0 Å². The Kier molecular flexibility index (Phi) is 4.00. The second kappa shape index (κ2) is 4.03. The average molecular weight is 276 g/mol. The summed E-state index contributed by atoms with van der Waals surface area (Å²) in [5.41, 5.74) is 0. The highest BCUT2D eigenvalue weighted by Gasteiger charge is 2.74. The van der Waals surface area contributed by atoms with Gasteiger partial charge in [-0.3, -0.25) is 0 Å². The van der Waals surface area contributed by atoms with E-state index >= 15 is 0 Å². The Bertz CT molecular complexity index is 275. The maximum absolute atomic E-state index is 12.8. The number of hydrogen-bond donors (Lipinski definition) is 2. The van der Waals surface area contributed by atoms with E-state index in [4.69, 9.17) is 9.11 Å². The predicted octanol–water partition coefficient (Wildman–Crippen LogP) is 1.34. The zero-order valence-electron chi connectivity index (χ0n) is 6.92. The molecule has 2 N–H and O–H groups in total. The molecule has 0 aromatic heterocycles. The highest BCUT2D eigenvalue weighted by atomic mass is 32.2. The Hall–Kier alpha value is -0.130. The van der Waals surface area contributed by atoms with Gasteiger partial charge in [-0.2, -0.15) is 17.6 Å². The lowest BCUT2D eigenvalue weighted by Crippen LogP contribution is -2.58. The van der Waals surface area contributed by atoms with Crippen LogP contribution in [0.4, 0.5) is 22.0 Å². The Labute approximate surface area is 85.4 Å². The lowest BCUT2D eigenvalue weighted by atomic mass is 10.2. The Morgan fingerprint density at radius 1 is 0.933 bits per heavy atom. The second-order valence-corrected chi connectivity index (χ2v) is 4.78. The summed E-state index contributed by atoms with van der Waals surface area (Å²) in [5, 5.41) is -10.2. The Balaban J connectivity index is 5.50. The average Bonchev–Trinajstić information content (AvgIpc) is 2.02. The van der Waals surface area contributed by atoms with E-state index < -0.39 is 38.3 Å². The van der Waals surface area contributed by atoms with E-state index in [1.54, 1.807) is 0 Å². The molecule has 0 radical (unpaired) electrons. The van der Waals surface area contributed by atoms with Crippen molar-refractivity contribution in [3.63, 3.8) is 0 Å². The fraction of sp³-hybridized carbons (Fsp3) is 1.00. The third-order valence-corrected chi connectivity index (χ3v) is 3.08. The van der Waals surface area contributed by atoms with Gasteiger partial charge < -0.3 is 9.11 Å². The van der Waals surface area contributed by atoms with Crippen molar-refractivity contribution in [1.29, 1.82) is 0 Å². The number of hydrogen-bond acceptors (Lipinski definition) is 2. The van der Waals surface area contributed by atoms with Gasteiger partial charge in [-0.15, -0.1) is 0 Å². The summed E-state index contributed by atoms with van der Waals surface area (Å²) in [5.74, 6) is -5.76. The second-order valence-electron chi connectivity index (χ2n) is 2.51. The van der Waals surface area contributed by atoms with Crippen LogP contribution in [0.2, 0.25) is 0 Å². The van der Waals surface area contributed by atoms with Crippen molar-refractivity contribution in [2.45, 2.75) is 23.1 Å². The first-order valence-corrected chi connectivity index (χ1v) is 5.27. The summed E-state index contributed by atoms with van der Waals surface area (Å²) in [6.45, 7) is -0.274. The van der Waals surface area contributed by atoms with Gasteiger partial charge in [-0.25, -0.2) is 12.8 Å². The van der Waals surface area contributed by atoms with Gasteiger partial charge in [0.2, 0.25) is 11.1 Å². The van der Waals surface area contributed by atoms with Crippen LogP contribution in [0.15, 0.2) is 0 Å². The minimum Gasteiger partial charge on any atom is -0.303 e. The van der Waals surface area contributed by atoms with E-state index in [0.717, 1.165) is 0 Å². The van der Waals surface area contributed by atoms with Crippen molar-refractivity contribution >= 4 is 22.2 Å². The molecule has 15 heavy (non-hydrogen) atoms. The van der Waals surface area contributed by atoms with Crippen molar-refractivity contribution in [2.75, 3.05) is 0 Å². The first-order chi connectivity index (χ1) is 6.39. The van der Waals surface area contributed by atoms with E-state index in [1.165, 1.54) is 0 Å². The maximum atomic E-state index is 12.8. The molecule has 0 spiro atoms. The molecule has 0 aromatic rings. The standard InChI is InChI=1S/C4H5F5O4S2/c1-2(5,14(10)11)3(6,7)4(8,9)15(12)13/h1H3,(H,10,11)(H,12,13). The molecule has 0 bridgehead atoms. The lowest BCUT2D eigenvalue weighted by molar-refractivity contribution is -0.203. The molecule has 0 saturated heterocycles. The molecule has 3 unspecified atom stereocenters. The minimum atomic E-state index is -5.76. The molecule has 0 aliphatic rings. The van der Waals surface area contributed by atoms with Gasteiger partial charge in [-0.1, -0.05) is 0 Å². The van der Waals surface area contributed by atoms with Gasteiger partial charge in [0.25, 0.3) is 5.00 Å². The van der Waals surface area contributed by atoms with Crippen LogP contribution in [0.3, 0.4) is 0 Å². The molecule has 3 atom stereocenters. The molecule has 11 heteroatoms. The fourth-order valence-electron chi connectivity index (χ4n) is 0.479. The highest BCUT2D eigenvalue weighted by Crippen LogP contribution is 2.47. The van der Waals surface area contributed by atoms with Gasteiger partial charge in [-0.05, 0) is 6.92 Å². The summed E-state index contributed by atoms with van der Waals surface area (Å²) in [6.07, 6.45) is 0. The van der Waals surface area contributed by atoms with Gasteiger partial charge >= 0.3 is 11.2 Å². The van der Waals surface area contributed by atoms with Gasteiger partial charge in [0.15, 0.2) is 11.1 Å². The molecule has 0 fully saturated rings. The van der Waals surface area contributed by atoms with Crippen LogP contribution in [0.1, 0.15) is 6.92 Å². The van der Waals surface area contributed by atoms with Crippen LogP contribution < -0.4 is 0 Å². The van der Waals surface area contributed by atoms with Gasteiger partial charge in [0.05, 0.1) is 0 Å². The van der Waals surface area contributed by atoms with Crippen LogP contribution >= 0.6 is 0 Å². The van der Waals surface area contributed by atoms with E-state index in [9.17, 15) is 30.4 Å². The Morgan fingerprint density at radius 3 is 1.47 bits per heavy atom. The zero-order valence-corrected chi connectivity index (χ0v) is 8.55. The van der Waals surface area contributed by atoms with E-state index in [1.807, 2.05) is 0 Å². The largest absolute Gasteiger partial charge is 0.411 e. The molecule has 4 nitrogen and oxygen atoms in total. The summed E-state index contributed by atoms with van der Waals surface area (Å²) in [4.78, 5) is 0. The lowest BCUT2D eigenvalue weighted by Gasteiger charge is -2.30. The van der Waals surface area contributed by atoms with Crippen LogP contribution in [0, 0.1) is 0 Å². The molecule has 0 amide bonds. The first-order valence-electron chi connectivity index (χ1n) is 3.05. The minimum absolute atomic E-state index is 0.274. The van der Waals surface area contributed by atoms with E-state index in [0.29, 0.717) is 0 Å². The normalized spacial score (nSPS) is 21.9. The third-order valence-electron chi connectivity index (χ3n) is 1.47. The van der Waals surface area contributed by atoms with Crippen molar-refractivity contribution < 1.29 is 39.5 Å². The summed E-state index contributed by atoms with van der Waals surface area (Å²) < 4.78 is 98.8. The molecule has 0 aromatic carbocycles. The predicted molar refractivity (Wildman–Crippen MR) is 40.9 cm³/mol. The summed E-state index contributed by atoms with van der Waals surface area (Å²) >= 11 is -8.33. The number of rotatable bonds is 4. The van der Waals surface area contributed by atoms with E-state index in [-0.39, 0.29) is 6.92 Å². The van der Waals surface area contributed by atoms with Crippen LogP contribution in [-0.4, -0.2) is 33.7 Å². The summed E-state index contributed by atoms with van der Waals surface area (Å²) in [6, 6.07) is 0. The molecule has 0 rings (SSSR count). The van der Waals surface area contributed by atoms with Crippen LogP contribution in [-0.2, 0) is 22.2 Å². The molecule has 92 valence electrons. The van der Waals surface area contributed by atoms with Crippen molar-refractivity contribution in [1.82, 2.24) is 0 Å². The fourth-order valence-corrected chi connectivity index (χ4v) is 1.30. The maximum Gasteiger partial charge on any atom is 0.411 e. The quantitative estimate of drug-likeness (QED) is 0.600. The highest BCUT2D eigenvalue weighted by molar-refractivity contribution is 7.81. The first kappa shape index (κ1) is 14.9. The third kappa shape index (κ3) is 2.19. The van der Waals surface area contributed by atoms with Crippen molar-refractivity contribution in [2.24, 2.45) is 0 Å².